The minimum atomic E-state index is -0.348. The van der Waals surface area contributed by atoms with Crippen LogP contribution >= 0.6 is 11.6 Å². The van der Waals surface area contributed by atoms with Crippen LogP contribution in [0.1, 0.15) is 19.9 Å². The number of anilines is 1. The van der Waals surface area contributed by atoms with Crippen molar-refractivity contribution in [1.29, 1.82) is 0 Å². The summed E-state index contributed by atoms with van der Waals surface area (Å²) in [4.78, 5) is 16.3. The van der Waals surface area contributed by atoms with Crippen molar-refractivity contribution in [3.63, 3.8) is 0 Å². The van der Waals surface area contributed by atoms with Gasteiger partial charge in [-0.25, -0.2) is 14.1 Å². The smallest absolute Gasteiger partial charge is 0.267 e. The molecule has 5 nitrogen and oxygen atoms in total. The Kier molecular flexibility index (Phi) is 4.55. The van der Waals surface area contributed by atoms with E-state index in [1.54, 1.807) is 24.3 Å². The number of hydrogen-bond acceptors (Lipinski definition) is 4. The van der Waals surface area contributed by atoms with Gasteiger partial charge in [0, 0.05) is 17.2 Å². The normalized spacial score (nSPS) is 11.1. The van der Waals surface area contributed by atoms with Gasteiger partial charge < -0.3 is 5.73 Å². The van der Waals surface area contributed by atoms with Crippen molar-refractivity contribution in [3.05, 3.63) is 63.7 Å². The van der Waals surface area contributed by atoms with Gasteiger partial charge in [-0.05, 0) is 50.2 Å². The van der Waals surface area contributed by atoms with Gasteiger partial charge in [-0.1, -0.05) is 11.6 Å². The Hall–Kier alpha value is -2.73. The van der Waals surface area contributed by atoms with E-state index in [-0.39, 0.29) is 28.3 Å². The largest absolute Gasteiger partial charge is 0.382 e. The van der Waals surface area contributed by atoms with Crippen LogP contribution in [0.15, 0.2) is 47.3 Å². The van der Waals surface area contributed by atoms with Crippen LogP contribution in [0, 0.1) is 5.82 Å². The van der Waals surface area contributed by atoms with Crippen LogP contribution in [-0.4, -0.2) is 14.8 Å². The molecule has 0 amide bonds. The van der Waals surface area contributed by atoms with E-state index in [9.17, 15) is 9.18 Å². The van der Waals surface area contributed by atoms with E-state index < -0.39 is 0 Å². The maximum absolute atomic E-state index is 13.2. The molecule has 7 heteroatoms. The van der Waals surface area contributed by atoms with E-state index in [4.69, 9.17) is 17.3 Å². The van der Waals surface area contributed by atoms with Crippen molar-refractivity contribution in [2.75, 3.05) is 5.73 Å². The number of halogens is 2. The molecule has 0 unspecified atom stereocenters. The number of rotatable bonds is 3. The predicted octanol–water partition coefficient (Wildman–Crippen LogP) is 3.93. The average Bonchev–Trinajstić information content (AvgIpc) is 2.58. The molecule has 1 aromatic carbocycles. The van der Waals surface area contributed by atoms with Gasteiger partial charge in [-0.15, -0.1) is 0 Å². The van der Waals surface area contributed by atoms with Crippen LogP contribution in [0.3, 0.4) is 0 Å². The van der Waals surface area contributed by atoms with Gasteiger partial charge in [0.15, 0.2) is 0 Å². The first-order valence-electron chi connectivity index (χ1n) is 7.69. The molecule has 0 bridgehead atoms. The van der Waals surface area contributed by atoms with E-state index in [1.807, 2.05) is 13.8 Å². The van der Waals surface area contributed by atoms with Crippen LogP contribution in [0.25, 0.3) is 22.5 Å². The molecule has 2 N–H and O–H groups in total. The van der Waals surface area contributed by atoms with Crippen LogP contribution in [0.4, 0.5) is 10.2 Å². The van der Waals surface area contributed by atoms with Crippen LogP contribution in [0.2, 0.25) is 5.02 Å². The summed E-state index contributed by atoms with van der Waals surface area (Å²) in [6.45, 7) is 3.74. The maximum Gasteiger partial charge on any atom is 0.267 e. The Morgan fingerprint density at radius 2 is 1.84 bits per heavy atom. The lowest BCUT2D eigenvalue weighted by atomic mass is 10.0. The molecule has 0 spiro atoms. The zero-order valence-electron chi connectivity index (χ0n) is 13.7. The van der Waals surface area contributed by atoms with Crippen molar-refractivity contribution in [1.82, 2.24) is 14.8 Å². The fourth-order valence-corrected chi connectivity index (χ4v) is 2.62. The highest BCUT2D eigenvalue weighted by atomic mass is 35.5. The van der Waals surface area contributed by atoms with Gasteiger partial charge in [-0.2, -0.15) is 5.10 Å². The third kappa shape index (κ3) is 3.39. The van der Waals surface area contributed by atoms with E-state index in [0.717, 1.165) is 0 Å². The lowest BCUT2D eigenvalue weighted by Gasteiger charge is -2.14. The first kappa shape index (κ1) is 17.1. The van der Waals surface area contributed by atoms with Gasteiger partial charge in [0.2, 0.25) is 0 Å². The Bertz CT molecular complexity index is 983. The molecule has 0 atom stereocenters. The summed E-state index contributed by atoms with van der Waals surface area (Å²) >= 11 is 6.14. The molecule has 2 heterocycles. The highest BCUT2D eigenvalue weighted by Gasteiger charge is 2.15. The second-order valence-electron chi connectivity index (χ2n) is 5.85. The van der Waals surface area contributed by atoms with E-state index in [2.05, 4.69) is 10.1 Å². The molecule has 0 saturated carbocycles. The molecule has 3 aromatic rings. The topological polar surface area (TPSA) is 73.8 Å². The summed E-state index contributed by atoms with van der Waals surface area (Å²) < 4.78 is 14.6. The summed E-state index contributed by atoms with van der Waals surface area (Å²) in [5, 5.41) is 4.69. The zero-order chi connectivity index (χ0) is 18.1. The van der Waals surface area contributed by atoms with Crippen LogP contribution in [0.5, 0.6) is 0 Å². The Balaban J connectivity index is 2.25. The van der Waals surface area contributed by atoms with Gasteiger partial charge in [0.1, 0.15) is 11.6 Å². The molecule has 0 aliphatic heterocycles. The Labute approximate surface area is 148 Å². The van der Waals surface area contributed by atoms with Crippen molar-refractivity contribution in [3.8, 4) is 22.5 Å². The van der Waals surface area contributed by atoms with Crippen molar-refractivity contribution < 1.29 is 4.39 Å². The SMILES string of the molecule is CC(C)n1nc(-c2cc(Cl)c(N)nc2-c2ccc(F)cc2)ccc1=O. The fourth-order valence-electron chi connectivity index (χ4n) is 2.47. The first-order valence-corrected chi connectivity index (χ1v) is 8.07. The average molecular weight is 359 g/mol. The summed E-state index contributed by atoms with van der Waals surface area (Å²) in [6.07, 6.45) is 0. The van der Waals surface area contributed by atoms with Crippen LogP contribution < -0.4 is 11.3 Å². The number of nitrogens with two attached hydrogens (primary N) is 1. The van der Waals surface area contributed by atoms with Crippen LogP contribution in [-0.2, 0) is 0 Å². The van der Waals surface area contributed by atoms with Gasteiger partial charge >= 0.3 is 0 Å². The molecule has 0 fully saturated rings. The Morgan fingerprint density at radius 1 is 1.16 bits per heavy atom. The fraction of sp³-hybridized carbons (Fsp3) is 0.167. The first-order chi connectivity index (χ1) is 11.9. The molecular formula is C18H16ClFN4O. The van der Waals surface area contributed by atoms with Crippen molar-refractivity contribution in [2.24, 2.45) is 0 Å². The lowest BCUT2D eigenvalue weighted by molar-refractivity contribution is 0.505. The number of hydrogen-bond donors (Lipinski definition) is 1. The maximum atomic E-state index is 13.2. The Morgan fingerprint density at radius 3 is 2.48 bits per heavy atom. The molecular weight excluding hydrogens is 343 g/mol. The van der Waals surface area contributed by atoms with E-state index >= 15 is 0 Å². The minimum Gasteiger partial charge on any atom is -0.382 e. The monoisotopic (exact) mass is 358 g/mol. The second-order valence-corrected chi connectivity index (χ2v) is 6.26. The number of nitrogens with zero attached hydrogens (tertiary/aromatic N) is 3. The molecule has 0 radical (unpaired) electrons. The highest BCUT2D eigenvalue weighted by molar-refractivity contribution is 6.33. The molecule has 3 rings (SSSR count). The van der Waals surface area contributed by atoms with E-state index in [1.165, 1.54) is 22.9 Å². The number of pyridine rings is 1. The van der Waals surface area contributed by atoms with Gasteiger partial charge in [0.25, 0.3) is 5.56 Å². The van der Waals surface area contributed by atoms with Gasteiger partial charge in [-0.3, -0.25) is 4.79 Å². The molecule has 0 saturated heterocycles. The second kappa shape index (κ2) is 6.64. The zero-order valence-corrected chi connectivity index (χ0v) is 14.5. The number of nitrogen functional groups attached to an aromatic ring is 1. The molecule has 0 aliphatic rings. The predicted molar refractivity (Wildman–Crippen MR) is 96.9 cm³/mol. The third-order valence-electron chi connectivity index (χ3n) is 3.71. The summed E-state index contributed by atoms with van der Waals surface area (Å²) in [5.74, 6) is -0.180. The molecule has 128 valence electrons. The van der Waals surface area contributed by atoms with Crippen molar-refractivity contribution in [2.45, 2.75) is 19.9 Å². The lowest BCUT2D eigenvalue weighted by Crippen LogP contribution is -2.24. The quantitative estimate of drug-likeness (QED) is 0.769. The highest BCUT2D eigenvalue weighted by Crippen LogP contribution is 2.33. The van der Waals surface area contributed by atoms with Gasteiger partial charge in [0.05, 0.1) is 22.5 Å². The summed E-state index contributed by atoms with van der Waals surface area (Å²) in [6, 6.07) is 10.5. The number of benzene rings is 1. The standard InChI is InChI=1S/C18H16ClFN4O/c1-10(2)24-16(25)8-7-15(23-24)13-9-14(19)18(21)22-17(13)11-3-5-12(20)6-4-11/h3-10H,1-2H3,(H2,21,22). The molecule has 0 aliphatic carbocycles. The van der Waals surface area contributed by atoms with Crippen molar-refractivity contribution >= 4 is 17.4 Å². The number of aromatic nitrogens is 3. The van der Waals surface area contributed by atoms with E-state index in [0.29, 0.717) is 22.5 Å². The summed E-state index contributed by atoms with van der Waals surface area (Å²) in [5.41, 5.74) is 7.97. The minimum absolute atomic E-state index is 0.0982. The molecule has 2 aromatic heterocycles. The summed E-state index contributed by atoms with van der Waals surface area (Å²) in [7, 11) is 0. The molecule has 25 heavy (non-hydrogen) atoms. The third-order valence-corrected chi connectivity index (χ3v) is 4.01.